The first-order chi connectivity index (χ1) is 8.45. The van der Waals surface area contributed by atoms with Crippen LogP contribution in [0.25, 0.3) is 0 Å². The first-order valence-electron chi connectivity index (χ1n) is 5.46. The van der Waals surface area contributed by atoms with Crippen LogP contribution < -0.4 is 5.32 Å². The van der Waals surface area contributed by atoms with E-state index in [1.165, 1.54) is 6.07 Å². The molecule has 0 fully saturated rings. The minimum Gasteiger partial charge on any atom is -0.481 e. The maximum atomic E-state index is 13.1. The number of carboxylic acid groups (broad SMARTS) is 1. The van der Waals surface area contributed by atoms with E-state index in [4.69, 9.17) is 5.11 Å². The lowest BCUT2D eigenvalue weighted by molar-refractivity contribution is -0.136. The average Bonchev–Trinajstić information content (AvgIpc) is 2.28. The van der Waals surface area contributed by atoms with Gasteiger partial charge in [-0.25, -0.2) is 4.39 Å². The molecule has 0 amide bonds. The van der Waals surface area contributed by atoms with E-state index in [0.717, 1.165) is 12.1 Å². The Morgan fingerprint density at radius 3 is 2.67 bits per heavy atom. The smallest absolute Gasteiger partial charge is 0.307 e. The van der Waals surface area contributed by atoms with Crippen molar-refractivity contribution >= 4 is 5.97 Å². The zero-order valence-corrected chi connectivity index (χ0v) is 9.93. The molecule has 0 radical (unpaired) electrons. The number of aliphatic carboxylic acids is 1. The van der Waals surface area contributed by atoms with Gasteiger partial charge in [0.1, 0.15) is 11.9 Å². The summed E-state index contributed by atoms with van der Waals surface area (Å²) in [6, 6.07) is 3.46. The molecule has 2 atom stereocenters. The molecule has 0 aliphatic heterocycles. The number of nitrogens with one attached hydrogen (secondary N) is 1. The molecule has 5 nitrogen and oxygen atoms in total. The highest BCUT2D eigenvalue weighted by molar-refractivity contribution is 5.70. The van der Waals surface area contributed by atoms with Gasteiger partial charge in [0.2, 0.25) is 0 Å². The van der Waals surface area contributed by atoms with E-state index in [0.29, 0.717) is 0 Å². The summed E-state index contributed by atoms with van der Waals surface area (Å²) < 4.78 is 13.1. The van der Waals surface area contributed by atoms with Gasteiger partial charge in [0.05, 0.1) is 12.5 Å². The Morgan fingerprint density at radius 2 is 2.11 bits per heavy atom. The highest BCUT2D eigenvalue weighted by Crippen LogP contribution is 2.22. The van der Waals surface area contributed by atoms with Gasteiger partial charge in [-0.2, -0.15) is 0 Å². The van der Waals surface area contributed by atoms with Gasteiger partial charge in [0.15, 0.2) is 0 Å². The molecule has 1 rings (SSSR count). The van der Waals surface area contributed by atoms with E-state index in [2.05, 4.69) is 5.32 Å². The van der Waals surface area contributed by atoms with Crippen LogP contribution in [0.15, 0.2) is 18.2 Å². The Kier molecular flexibility index (Phi) is 5.21. The summed E-state index contributed by atoms with van der Waals surface area (Å²) in [6.45, 7) is 0.144. The van der Waals surface area contributed by atoms with Gasteiger partial charge in [-0.1, -0.05) is 6.07 Å². The highest BCUT2D eigenvalue weighted by Gasteiger charge is 2.21. The van der Waals surface area contributed by atoms with E-state index in [1.807, 2.05) is 0 Å². The lowest BCUT2D eigenvalue weighted by Gasteiger charge is -2.20. The second kappa shape index (κ2) is 6.44. The fraction of sp³-hybridized carbons (Fsp3) is 0.417. The van der Waals surface area contributed by atoms with Gasteiger partial charge in [0.25, 0.3) is 0 Å². The van der Waals surface area contributed by atoms with E-state index >= 15 is 0 Å². The zero-order chi connectivity index (χ0) is 13.7. The first-order valence-corrected chi connectivity index (χ1v) is 5.46. The minimum atomic E-state index is -1.26. The monoisotopic (exact) mass is 257 g/mol. The number of hydrogen-bond acceptors (Lipinski definition) is 4. The summed E-state index contributed by atoms with van der Waals surface area (Å²) in [5, 5.41) is 31.0. The number of aliphatic hydroxyl groups excluding tert-OH is 2. The third kappa shape index (κ3) is 3.76. The van der Waals surface area contributed by atoms with Crippen molar-refractivity contribution in [1.29, 1.82) is 0 Å². The summed E-state index contributed by atoms with van der Waals surface area (Å²) in [4.78, 5) is 10.7. The quantitative estimate of drug-likeness (QED) is 0.579. The summed E-state index contributed by atoms with van der Waals surface area (Å²) >= 11 is 0. The lowest BCUT2D eigenvalue weighted by atomic mass is 9.96. The lowest BCUT2D eigenvalue weighted by Crippen LogP contribution is -2.30. The van der Waals surface area contributed by atoms with Crippen molar-refractivity contribution in [2.45, 2.75) is 18.6 Å². The summed E-state index contributed by atoms with van der Waals surface area (Å²) in [7, 11) is 1.61. The molecule has 0 heterocycles. The molecular weight excluding hydrogens is 241 g/mol. The van der Waals surface area contributed by atoms with Crippen LogP contribution in [0.2, 0.25) is 0 Å². The number of aliphatic hydroxyl groups is 2. The fourth-order valence-corrected chi connectivity index (χ4v) is 1.71. The van der Waals surface area contributed by atoms with Crippen molar-refractivity contribution in [1.82, 2.24) is 5.32 Å². The second-order valence-corrected chi connectivity index (χ2v) is 3.98. The third-order valence-corrected chi connectivity index (χ3v) is 2.54. The number of halogens is 1. The Hall–Kier alpha value is -1.50. The number of hydrogen-bond donors (Lipinski definition) is 4. The van der Waals surface area contributed by atoms with E-state index in [9.17, 15) is 19.4 Å². The second-order valence-electron chi connectivity index (χ2n) is 3.98. The molecule has 6 heteroatoms. The van der Waals surface area contributed by atoms with Gasteiger partial charge >= 0.3 is 5.97 Å². The highest BCUT2D eigenvalue weighted by atomic mass is 19.1. The number of benzene rings is 1. The average molecular weight is 257 g/mol. The van der Waals surface area contributed by atoms with Crippen LogP contribution in [-0.4, -0.2) is 41.0 Å². The predicted octanol–water partition coefficient (Wildman–Crippen LogP) is 0.0665. The van der Waals surface area contributed by atoms with Crippen LogP contribution in [-0.2, 0) is 11.2 Å². The standard InChI is InChI=1S/C12H16FNO4/c1-14-6-10(15)12(18)9-3-2-8(13)4-7(9)5-11(16)17/h2-4,10,12,14-15,18H,5-6H2,1H3,(H,16,17). The van der Waals surface area contributed by atoms with Crippen LogP contribution in [0.5, 0.6) is 0 Å². The van der Waals surface area contributed by atoms with Gasteiger partial charge in [-0.05, 0) is 30.3 Å². The molecule has 0 aliphatic rings. The molecule has 18 heavy (non-hydrogen) atoms. The number of carbonyl (C=O) groups is 1. The van der Waals surface area contributed by atoms with Gasteiger partial charge in [-0.3, -0.25) is 4.79 Å². The van der Waals surface area contributed by atoms with Crippen molar-refractivity contribution < 1.29 is 24.5 Å². The predicted molar refractivity (Wildman–Crippen MR) is 62.6 cm³/mol. The zero-order valence-electron chi connectivity index (χ0n) is 9.93. The van der Waals surface area contributed by atoms with Gasteiger partial charge < -0.3 is 20.6 Å². The van der Waals surface area contributed by atoms with Crippen molar-refractivity contribution in [3.05, 3.63) is 35.1 Å². The maximum Gasteiger partial charge on any atom is 0.307 e. The van der Waals surface area contributed by atoms with Crippen LogP contribution in [0.1, 0.15) is 17.2 Å². The summed E-state index contributed by atoms with van der Waals surface area (Å²) in [6.07, 6.45) is -2.75. The van der Waals surface area contributed by atoms with Crippen LogP contribution in [0.4, 0.5) is 4.39 Å². The molecule has 0 saturated heterocycles. The van der Waals surface area contributed by atoms with E-state index in [-0.39, 0.29) is 17.7 Å². The van der Waals surface area contributed by atoms with Crippen molar-refractivity contribution in [2.24, 2.45) is 0 Å². The number of likely N-dealkylation sites (N-methyl/N-ethyl adjacent to an activating group) is 1. The molecule has 0 aromatic heterocycles. The molecule has 0 aliphatic carbocycles. The van der Waals surface area contributed by atoms with Gasteiger partial charge in [-0.15, -0.1) is 0 Å². The SMILES string of the molecule is CNCC(O)C(O)c1ccc(F)cc1CC(=O)O. The Morgan fingerprint density at radius 1 is 1.44 bits per heavy atom. The van der Waals surface area contributed by atoms with Crippen molar-refractivity contribution in [2.75, 3.05) is 13.6 Å². The molecular formula is C12H16FNO4. The van der Waals surface area contributed by atoms with Crippen LogP contribution in [0, 0.1) is 5.82 Å². The molecule has 4 N–H and O–H groups in total. The van der Waals surface area contributed by atoms with Crippen LogP contribution in [0.3, 0.4) is 0 Å². The molecule has 1 aromatic carbocycles. The normalized spacial score (nSPS) is 14.2. The Bertz CT molecular complexity index is 425. The molecule has 100 valence electrons. The number of carboxylic acids is 1. The van der Waals surface area contributed by atoms with Crippen molar-refractivity contribution in [3.8, 4) is 0 Å². The minimum absolute atomic E-state index is 0.144. The van der Waals surface area contributed by atoms with Gasteiger partial charge in [0, 0.05) is 6.54 Å². The summed E-state index contributed by atoms with van der Waals surface area (Å²) in [5.74, 6) is -1.71. The molecule has 0 bridgehead atoms. The fourth-order valence-electron chi connectivity index (χ4n) is 1.71. The Labute approximate surface area is 104 Å². The molecule has 1 aromatic rings. The molecule has 0 saturated carbocycles. The number of rotatable bonds is 6. The molecule has 0 spiro atoms. The molecule has 2 unspecified atom stereocenters. The maximum absolute atomic E-state index is 13.1. The van der Waals surface area contributed by atoms with Crippen molar-refractivity contribution in [3.63, 3.8) is 0 Å². The first kappa shape index (κ1) is 14.6. The van der Waals surface area contributed by atoms with Crippen LogP contribution >= 0.6 is 0 Å². The largest absolute Gasteiger partial charge is 0.481 e. The Balaban J connectivity index is 3.02. The topological polar surface area (TPSA) is 89.8 Å². The summed E-state index contributed by atoms with van der Waals surface area (Å²) in [5.41, 5.74) is 0.381. The third-order valence-electron chi connectivity index (χ3n) is 2.54. The van der Waals surface area contributed by atoms with E-state index < -0.39 is 30.4 Å². The van der Waals surface area contributed by atoms with E-state index in [1.54, 1.807) is 7.05 Å².